The number of nitrogens with zero attached hydrogens (tertiary/aromatic N) is 2. The lowest BCUT2D eigenvalue weighted by atomic mass is 9.96. The lowest BCUT2D eigenvalue weighted by molar-refractivity contribution is -0.0173. The van der Waals surface area contributed by atoms with Crippen molar-refractivity contribution < 1.29 is 8.78 Å². The molecule has 0 saturated carbocycles. The number of aromatic nitrogens is 3. The zero-order valence-electron chi connectivity index (χ0n) is 8.86. The summed E-state index contributed by atoms with van der Waals surface area (Å²) in [6, 6.07) is 0. The lowest BCUT2D eigenvalue weighted by Gasteiger charge is -2.13. The minimum absolute atomic E-state index is 0.272. The molecule has 1 aromatic heterocycles. The van der Waals surface area contributed by atoms with Gasteiger partial charge in [0.15, 0.2) is 11.6 Å². The van der Waals surface area contributed by atoms with Crippen LogP contribution < -0.4 is 0 Å². The Bertz CT molecular complexity index is 312. The highest BCUT2D eigenvalue weighted by molar-refractivity contribution is 5.05. The van der Waals surface area contributed by atoms with Crippen LogP contribution in [0.2, 0.25) is 0 Å². The van der Waals surface area contributed by atoms with E-state index < -0.39 is 5.92 Å². The lowest BCUT2D eigenvalue weighted by Crippen LogP contribution is -2.16. The molecular formula is C9H15F2N3. The fourth-order valence-corrected chi connectivity index (χ4v) is 0.928. The molecule has 0 atom stereocenters. The maximum Gasteiger partial charge on any atom is 0.305 e. The summed E-state index contributed by atoms with van der Waals surface area (Å²) in [7, 11) is 0. The highest BCUT2D eigenvalue weighted by Crippen LogP contribution is 2.29. The second kappa shape index (κ2) is 3.29. The van der Waals surface area contributed by atoms with Gasteiger partial charge in [0.1, 0.15) is 0 Å². The number of hydrogen-bond donors (Lipinski definition) is 1. The second-order valence-corrected chi connectivity index (χ2v) is 4.32. The largest absolute Gasteiger partial charge is 0.305 e. The van der Waals surface area contributed by atoms with Gasteiger partial charge < -0.3 is 0 Å². The molecule has 1 heterocycles. The molecule has 0 spiro atoms. The van der Waals surface area contributed by atoms with E-state index in [9.17, 15) is 8.78 Å². The van der Waals surface area contributed by atoms with Crippen molar-refractivity contribution in [2.24, 2.45) is 0 Å². The van der Waals surface area contributed by atoms with Crippen molar-refractivity contribution in [2.45, 2.75) is 45.5 Å². The van der Waals surface area contributed by atoms with Crippen LogP contribution in [0.25, 0.3) is 0 Å². The first-order chi connectivity index (χ1) is 6.27. The van der Waals surface area contributed by atoms with Gasteiger partial charge in [0, 0.05) is 11.8 Å². The normalized spacial score (nSPS) is 13.3. The van der Waals surface area contributed by atoms with Gasteiger partial charge >= 0.3 is 5.92 Å². The monoisotopic (exact) mass is 203 g/mol. The number of alkyl halides is 2. The third-order valence-corrected chi connectivity index (χ3v) is 1.95. The van der Waals surface area contributed by atoms with E-state index >= 15 is 0 Å². The molecule has 0 aliphatic carbocycles. The zero-order chi connectivity index (χ0) is 11.0. The molecule has 0 amide bonds. The van der Waals surface area contributed by atoms with E-state index in [2.05, 4.69) is 15.2 Å². The molecule has 0 unspecified atom stereocenters. The minimum atomic E-state index is -2.91. The average molecular weight is 203 g/mol. The van der Waals surface area contributed by atoms with Gasteiger partial charge in [-0.15, -0.1) is 0 Å². The Morgan fingerprint density at radius 3 is 2.21 bits per heavy atom. The van der Waals surface area contributed by atoms with Crippen LogP contribution in [0.3, 0.4) is 0 Å². The molecule has 1 aromatic rings. The van der Waals surface area contributed by atoms with Gasteiger partial charge in [0.25, 0.3) is 0 Å². The molecule has 0 aliphatic rings. The number of halogens is 2. The summed E-state index contributed by atoms with van der Waals surface area (Å²) in [5.41, 5.74) is -0.307. The van der Waals surface area contributed by atoms with Gasteiger partial charge in [0.05, 0.1) is 0 Å². The predicted octanol–water partition coefficient (Wildman–Crippen LogP) is 2.60. The van der Waals surface area contributed by atoms with Crippen molar-refractivity contribution in [3.63, 3.8) is 0 Å². The third-order valence-electron chi connectivity index (χ3n) is 1.95. The summed E-state index contributed by atoms with van der Waals surface area (Å²) in [4.78, 5) is 3.81. The number of H-pyrrole nitrogens is 1. The summed E-state index contributed by atoms with van der Waals surface area (Å²) in [6.45, 7) is 7.05. The predicted molar refractivity (Wildman–Crippen MR) is 49.3 cm³/mol. The van der Waals surface area contributed by atoms with Crippen LogP contribution in [0.5, 0.6) is 0 Å². The molecule has 80 valence electrons. The molecule has 1 rings (SSSR count). The van der Waals surface area contributed by atoms with Crippen LogP contribution in [-0.4, -0.2) is 15.2 Å². The standard InChI is InChI=1S/C9H15F2N3/c1-5-9(10,11)7-12-6(13-14-7)8(2,3)4/h5H2,1-4H3,(H,12,13,14). The van der Waals surface area contributed by atoms with E-state index in [0.29, 0.717) is 5.82 Å². The van der Waals surface area contributed by atoms with Gasteiger partial charge in [-0.25, -0.2) is 4.98 Å². The number of hydrogen-bond acceptors (Lipinski definition) is 2. The van der Waals surface area contributed by atoms with E-state index in [1.165, 1.54) is 6.92 Å². The summed E-state index contributed by atoms with van der Waals surface area (Å²) in [5.74, 6) is -2.83. The maximum atomic E-state index is 13.2. The van der Waals surface area contributed by atoms with E-state index in [4.69, 9.17) is 0 Å². The van der Waals surface area contributed by atoms with Crippen LogP contribution in [0.1, 0.15) is 45.8 Å². The quantitative estimate of drug-likeness (QED) is 0.802. The Hall–Kier alpha value is -1.00. The van der Waals surface area contributed by atoms with E-state index in [-0.39, 0.29) is 17.7 Å². The Labute approximate surface area is 81.9 Å². The molecule has 0 bridgehead atoms. The topological polar surface area (TPSA) is 41.6 Å². The SMILES string of the molecule is CCC(F)(F)c1nc(C(C)(C)C)n[nH]1. The number of aromatic amines is 1. The summed E-state index contributed by atoms with van der Waals surface area (Å²) < 4.78 is 26.3. The van der Waals surface area contributed by atoms with Crippen molar-refractivity contribution in [1.82, 2.24) is 15.2 Å². The summed E-state index contributed by atoms with van der Waals surface area (Å²) in [6.07, 6.45) is -0.272. The van der Waals surface area contributed by atoms with Gasteiger partial charge in [-0.2, -0.15) is 13.9 Å². The van der Waals surface area contributed by atoms with Crippen molar-refractivity contribution in [1.29, 1.82) is 0 Å². The Kier molecular flexibility index (Phi) is 2.61. The number of rotatable bonds is 2. The first-order valence-corrected chi connectivity index (χ1v) is 4.58. The summed E-state index contributed by atoms with van der Waals surface area (Å²) >= 11 is 0. The fraction of sp³-hybridized carbons (Fsp3) is 0.778. The summed E-state index contributed by atoms with van der Waals surface area (Å²) in [5, 5.41) is 6.08. The molecule has 0 fully saturated rings. The molecule has 1 N–H and O–H groups in total. The Morgan fingerprint density at radius 1 is 1.29 bits per heavy atom. The average Bonchev–Trinajstić information content (AvgIpc) is 2.51. The van der Waals surface area contributed by atoms with Gasteiger partial charge in [-0.1, -0.05) is 27.7 Å². The zero-order valence-corrected chi connectivity index (χ0v) is 8.86. The molecule has 5 heteroatoms. The van der Waals surface area contributed by atoms with E-state index in [1.54, 1.807) is 0 Å². The highest BCUT2D eigenvalue weighted by Gasteiger charge is 2.34. The molecular weight excluding hydrogens is 188 g/mol. The highest BCUT2D eigenvalue weighted by atomic mass is 19.3. The van der Waals surface area contributed by atoms with Crippen LogP contribution in [0.15, 0.2) is 0 Å². The molecule has 0 radical (unpaired) electrons. The number of nitrogens with one attached hydrogen (secondary N) is 1. The Morgan fingerprint density at radius 2 is 1.86 bits per heavy atom. The van der Waals surface area contributed by atoms with Crippen LogP contribution in [-0.2, 0) is 11.3 Å². The second-order valence-electron chi connectivity index (χ2n) is 4.32. The first kappa shape index (κ1) is 11.1. The molecule has 14 heavy (non-hydrogen) atoms. The van der Waals surface area contributed by atoms with Crippen molar-refractivity contribution in [3.05, 3.63) is 11.6 Å². The van der Waals surface area contributed by atoms with Gasteiger partial charge in [-0.3, -0.25) is 5.10 Å². The van der Waals surface area contributed by atoms with Gasteiger partial charge in [0.2, 0.25) is 0 Å². The minimum Gasteiger partial charge on any atom is -0.258 e. The van der Waals surface area contributed by atoms with Crippen molar-refractivity contribution in [2.75, 3.05) is 0 Å². The van der Waals surface area contributed by atoms with Crippen LogP contribution in [0, 0.1) is 0 Å². The first-order valence-electron chi connectivity index (χ1n) is 4.58. The molecule has 0 aromatic carbocycles. The Balaban J connectivity index is 3.00. The van der Waals surface area contributed by atoms with E-state index in [1.807, 2.05) is 20.8 Å². The molecule has 0 saturated heterocycles. The third kappa shape index (κ3) is 2.08. The van der Waals surface area contributed by atoms with Crippen LogP contribution in [0.4, 0.5) is 8.78 Å². The van der Waals surface area contributed by atoms with Gasteiger partial charge in [-0.05, 0) is 0 Å². The molecule has 3 nitrogen and oxygen atoms in total. The fourth-order valence-electron chi connectivity index (χ4n) is 0.928. The van der Waals surface area contributed by atoms with Crippen LogP contribution >= 0.6 is 0 Å². The smallest absolute Gasteiger partial charge is 0.258 e. The van der Waals surface area contributed by atoms with E-state index in [0.717, 1.165) is 0 Å². The molecule has 0 aliphatic heterocycles. The van der Waals surface area contributed by atoms with Crippen molar-refractivity contribution >= 4 is 0 Å². The maximum absolute atomic E-state index is 13.2. The van der Waals surface area contributed by atoms with Crippen molar-refractivity contribution in [3.8, 4) is 0 Å².